The molecule has 1 heterocycles. The van der Waals surface area contributed by atoms with Gasteiger partial charge in [0.15, 0.2) is 0 Å². The number of aliphatic hydroxyl groups excluding tert-OH is 1. The summed E-state index contributed by atoms with van der Waals surface area (Å²) in [6, 6.07) is 5.35. The van der Waals surface area contributed by atoms with E-state index in [9.17, 15) is 4.39 Å². The van der Waals surface area contributed by atoms with E-state index in [1.807, 2.05) is 24.6 Å². The summed E-state index contributed by atoms with van der Waals surface area (Å²) < 4.78 is 15.1. The van der Waals surface area contributed by atoms with E-state index in [0.717, 1.165) is 36.3 Å². The fourth-order valence-corrected chi connectivity index (χ4v) is 3.33. The Hall–Kier alpha value is -1.72. The van der Waals surface area contributed by atoms with E-state index < -0.39 is 0 Å². The molecular formula is C17H22FN3O. The molecule has 1 aliphatic rings. The predicted molar refractivity (Wildman–Crippen MR) is 83.1 cm³/mol. The molecule has 1 aromatic heterocycles. The van der Waals surface area contributed by atoms with Crippen molar-refractivity contribution < 1.29 is 9.50 Å². The van der Waals surface area contributed by atoms with Gasteiger partial charge in [0.05, 0.1) is 18.8 Å². The molecule has 0 bridgehead atoms. The molecule has 0 saturated heterocycles. The number of nitrogens with one attached hydrogen (secondary N) is 1. The van der Waals surface area contributed by atoms with E-state index in [1.165, 1.54) is 17.2 Å². The second kappa shape index (κ2) is 6.18. The quantitative estimate of drug-likeness (QED) is 0.892. The van der Waals surface area contributed by atoms with Crippen LogP contribution in [0.5, 0.6) is 0 Å². The molecule has 0 spiro atoms. The van der Waals surface area contributed by atoms with Gasteiger partial charge >= 0.3 is 0 Å². The lowest BCUT2D eigenvalue weighted by atomic mass is 10.1. The molecule has 0 saturated carbocycles. The van der Waals surface area contributed by atoms with Crippen LogP contribution in [0, 0.1) is 19.7 Å². The molecule has 0 radical (unpaired) electrons. The molecule has 0 unspecified atom stereocenters. The van der Waals surface area contributed by atoms with Gasteiger partial charge in [-0.25, -0.2) is 4.39 Å². The van der Waals surface area contributed by atoms with Crippen LogP contribution < -0.4 is 5.32 Å². The van der Waals surface area contributed by atoms with Crippen LogP contribution in [0.25, 0.3) is 0 Å². The summed E-state index contributed by atoms with van der Waals surface area (Å²) in [6.45, 7) is 5.39. The number of benzene rings is 1. The van der Waals surface area contributed by atoms with E-state index in [-0.39, 0.29) is 18.5 Å². The van der Waals surface area contributed by atoms with Crippen LogP contribution in [0.4, 0.5) is 4.39 Å². The number of aliphatic hydroxyl groups is 1. The van der Waals surface area contributed by atoms with Crippen LogP contribution in [0.2, 0.25) is 0 Å². The molecule has 1 aliphatic carbocycles. The maximum absolute atomic E-state index is 13.3. The molecular weight excluding hydrogens is 281 g/mol. The monoisotopic (exact) mass is 303 g/mol. The van der Waals surface area contributed by atoms with Crippen molar-refractivity contribution in [3.05, 3.63) is 52.1 Å². The second-order valence-corrected chi connectivity index (χ2v) is 5.91. The van der Waals surface area contributed by atoms with Gasteiger partial charge in [-0.15, -0.1) is 0 Å². The van der Waals surface area contributed by atoms with Crippen LogP contribution in [0.15, 0.2) is 18.2 Å². The smallest absolute Gasteiger partial charge is 0.123 e. The number of hydrogen-bond donors (Lipinski definition) is 2. The molecule has 1 atom stereocenters. The summed E-state index contributed by atoms with van der Waals surface area (Å²) in [6.07, 6.45) is 1.92. The minimum Gasteiger partial charge on any atom is -0.394 e. The average Bonchev–Trinajstić information content (AvgIpc) is 2.99. The highest BCUT2D eigenvalue weighted by atomic mass is 19.1. The number of fused-ring (bicyclic) bond motifs is 1. The van der Waals surface area contributed by atoms with E-state index in [4.69, 9.17) is 5.11 Å². The first-order chi connectivity index (χ1) is 10.6. The van der Waals surface area contributed by atoms with Crippen LogP contribution in [0.1, 0.15) is 40.5 Å². The molecule has 118 valence electrons. The molecule has 22 heavy (non-hydrogen) atoms. The minimum atomic E-state index is -0.156. The minimum absolute atomic E-state index is 0.0936. The Morgan fingerprint density at radius 1 is 1.41 bits per heavy atom. The number of nitrogens with zero attached hydrogens (tertiary/aromatic N) is 2. The van der Waals surface area contributed by atoms with Crippen LogP contribution >= 0.6 is 0 Å². The van der Waals surface area contributed by atoms with E-state index in [0.29, 0.717) is 6.54 Å². The molecule has 2 N–H and O–H groups in total. The normalized spacial score (nSPS) is 17.0. The van der Waals surface area contributed by atoms with Gasteiger partial charge in [-0.05, 0) is 49.9 Å². The Morgan fingerprint density at radius 3 is 3.00 bits per heavy atom. The highest BCUT2D eigenvalue weighted by Gasteiger charge is 2.23. The first-order valence-corrected chi connectivity index (χ1v) is 7.75. The number of hydrogen-bond acceptors (Lipinski definition) is 3. The predicted octanol–water partition coefficient (Wildman–Crippen LogP) is 2.41. The van der Waals surface area contributed by atoms with Crippen LogP contribution in [-0.2, 0) is 19.5 Å². The van der Waals surface area contributed by atoms with Crippen molar-refractivity contribution in [3.63, 3.8) is 0 Å². The highest BCUT2D eigenvalue weighted by molar-refractivity contribution is 5.35. The molecule has 3 rings (SSSR count). The van der Waals surface area contributed by atoms with Crippen LogP contribution in [0.3, 0.4) is 0 Å². The third-order valence-electron chi connectivity index (χ3n) is 4.55. The Kier molecular flexibility index (Phi) is 4.27. The van der Waals surface area contributed by atoms with Gasteiger partial charge < -0.3 is 10.4 Å². The number of halogens is 1. The van der Waals surface area contributed by atoms with Crippen molar-refractivity contribution in [2.45, 2.75) is 45.8 Å². The van der Waals surface area contributed by atoms with Crippen molar-refractivity contribution in [2.24, 2.45) is 0 Å². The van der Waals surface area contributed by atoms with Gasteiger partial charge in [0, 0.05) is 23.8 Å². The van der Waals surface area contributed by atoms with Crippen molar-refractivity contribution in [3.8, 4) is 0 Å². The van der Waals surface area contributed by atoms with Gasteiger partial charge in [-0.1, -0.05) is 6.07 Å². The zero-order valence-corrected chi connectivity index (χ0v) is 13.1. The van der Waals surface area contributed by atoms with Crippen LogP contribution in [-0.4, -0.2) is 21.5 Å². The molecule has 4 nitrogen and oxygen atoms in total. The molecule has 5 heteroatoms. The van der Waals surface area contributed by atoms with E-state index in [2.05, 4.69) is 10.4 Å². The SMILES string of the molecule is Cc1nn(CCO)c(C)c1CN[C@H]1CCc2cc(F)ccc21. The fraction of sp³-hybridized carbons (Fsp3) is 0.471. The topological polar surface area (TPSA) is 50.1 Å². The Morgan fingerprint density at radius 2 is 2.23 bits per heavy atom. The lowest BCUT2D eigenvalue weighted by molar-refractivity contribution is 0.267. The fourth-order valence-electron chi connectivity index (χ4n) is 3.33. The largest absolute Gasteiger partial charge is 0.394 e. The van der Waals surface area contributed by atoms with Crippen molar-refractivity contribution in [1.29, 1.82) is 0 Å². The van der Waals surface area contributed by atoms with E-state index >= 15 is 0 Å². The third kappa shape index (κ3) is 2.78. The zero-order chi connectivity index (χ0) is 15.7. The van der Waals surface area contributed by atoms with E-state index in [1.54, 1.807) is 6.07 Å². The molecule has 1 aromatic carbocycles. The zero-order valence-electron chi connectivity index (χ0n) is 13.1. The third-order valence-corrected chi connectivity index (χ3v) is 4.55. The summed E-state index contributed by atoms with van der Waals surface area (Å²) in [4.78, 5) is 0. The summed E-state index contributed by atoms with van der Waals surface area (Å²) in [7, 11) is 0. The van der Waals surface area contributed by atoms with Crippen molar-refractivity contribution >= 4 is 0 Å². The number of rotatable bonds is 5. The van der Waals surface area contributed by atoms with Gasteiger partial charge in [0.25, 0.3) is 0 Å². The average molecular weight is 303 g/mol. The molecule has 0 fully saturated rings. The lowest BCUT2D eigenvalue weighted by Gasteiger charge is -2.14. The highest BCUT2D eigenvalue weighted by Crippen LogP contribution is 2.32. The van der Waals surface area contributed by atoms with Crippen molar-refractivity contribution in [1.82, 2.24) is 15.1 Å². The van der Waals surface area contributed by atoms with Crippen molar-refractivity contribution in [2.75, 3.05) is 6.61 Å². The lowest BCUT2D eigenvalue weighted by Crippen LogP contribution is -2.19. The summed E-state index contributed by atoms with van der Waals surface area (Å²) in [5.41, 5.74) is 5.59. The maximum atomic E-state index is 13.3. The molecule has 2 aromatic rings. The first kappa shape index (κ1) is 15.2. The summed E-state index contributed by atoms with van der Waals surface area (Å²) in [5, 5.41) is 17.1. The summed E-state index contributed by atoms with van der Waals surface area (Å²) >= 11 is 0. The first-order valence-electron chi connectivity index (χ1n) is 7.75. The standard InChI is InChI=1S/C17H22FN3O/c1-11-16(12(2)21(20-11)7-8-22)10-19-17-6-3-13-9-14(18)4-5-15(13)17/h4-5,9,17,19,22H,3,6-8,10H2,1-2H3/t17-/m0/s1. The Balaban J connectivity index is 1.72. The van der Waals surface area contributed by atoms with Gasteiger partial charge in [0.1, 0.15) is 5.82 Å². The Bertz CT molecular complexity index is 681. The van der Waals surface area contributed by atoms with Gasteiger partial charge in [0.2, 0.25) is 0 Å². The molecule has 0 amide bonds. The van der Waals surface area contributed by atoms with Gasteiger partial charge in [-0.2, -0.15) is 5.10 Å². The summed E-state index contributed by atoms with van der Waals surface area (Å²) in [5.74, 6) is -0.156. The number of aromatic nitrogens is 2. The maximum Gasteiger partial charge on any atom is 0.123 e. The molecule has 0 aliphatic heterocycles. The Labute approximate surface area is 130 Å². The number of aryl methyl sites for hydroxylation is 2. The van der Waals surface area contributed by atoms with Gasteiger partial charge in [-0.3, -0.25) is 4.68 Å². The second-order valence-electron chi connectivity index (χ2n) is 5.91.